The zero-order valence-corrected chi connectivity index (χ0v) is 19.8. The van der Waals surface area contributed by atoms with Crippen molar-refractivity contribution in [2.45, 2.75) is 25.8 Å². The van der Waals surface area contributed by atoms with E-state index in [1.807, 2.05) is 78.9 Å². The summed E-state index contributed by atoms with van der Waals surface area (Å²) in [7, 11) is 0. The second kappa shape index (κ2) is 9.98. The van der Waals surface area contributed by atoms with Crippen molar-refractivity contribution in [1.29, 1.82) is 0 Å². The number of pyridine rings is 1. The molecular weight excluding hydrogens is 438 g/mol. The first-order valence-electron chi connectivity index (χ1n) is 11.4. The lowest BCUT2D eigenvalue weighted by molar-refractivity contribution is -0.119. The number of rotatable bonds is 7. The number of carbonyl (C=O) groups excluding carboxylic acids is 1. The Kier molecular flexibility index (Phi) is 6.45. The molecule has 2 heterocycles. The quantitative estimate of drug-likeness (QED) is 0.272. The third-order valence-electron chi connectivity index (χ3n) is 5.93. The van der Waals surface area contributed by atoms with Crippen LogP contribution in [0, 0.1) is 0 Å². The van der Waals surface area contributed by atoms with Crippen LogP contribution < -0.4 is 4.90 Å². The Bertz CT molecular complexity index is 1350. The van der Waals surface area contributed by atoms with Gasteiger partial charge < -0.3 is 0 Å². The Morgan fingerprint density at radius 3 is 2.15 bits per heavy atom. The van der Waals surface area contributed by atoms with E-state index in [0.717, 1.165) is 33.5 Å². The maximum absolute atomic E-state index is 14.3. The average molecular weight is 464 g/mol. The summed E-state index contributed by atoms with van der Waals surface area (Å²) >= 11 is 1.56. The molecule has 0 aliphatic rings. The molecule has 0 fully saturated rings. The summed E-state index contributed by atoms with van der Waals surface area (Å²) in [4.78, 5) is 25.6. The molecule has 34 heavy (non-hydrogen) atoms. The number of hydrogen-bond acceptors (Lipinski definition) is 4. The van der Waals surface area contributed by atoms with E-state index in [4.69, 9.17) is 4.98 Å². The fourth-order valence-corrected chi connectivity index (χ4v) is 5.23. The van der Waals surface area contributed by atoms with Crippen molar-refractivity contribution in [2.24, 2.45) is 0 Å². The fraction of sp³-hybridized carbons (Fsp3) is 0.138. The van der Waals surface area contributed by atoms with Gasteiger partial charge in [-0.1, -0.05) is 97.1 Å². The van der Waals surface area contributed by atoms with Gasteiger partial charge in [-0.25, -0.2) is 4.98 Å². The lowest BCUT2D eigenvalue weighted by Crippen LogP contribution is -2.35. The van der Waals surface area contributed by atoms with Gasteiger partial charge in [-0.2, -0.15) is 0 Å². The van der Waals surface area contributed by atoms with Gasteiger partial charge in [0.1, 0.15) is 0 Å². The highest BCUT2D eigenvalue weighted by molar-refractivity contribution is 7.22. The predicted molar refractivity (Wildman–Crippen MR) is 139 cm³/mol. The minimum atomic E-state index is -0.441. The summed E-state index contributed by atoms with van der Waals surface area (Å²) in [5, 5.41) is 0.698. The first-order chi connectivity index (χ1) is 16.7. The number of hydrogen-bond donors (Lipinski definition) is 0. The fourth-order valence-electron chi connectivity index (χ4n) is 4.21. The first kappa shape index (κ1) is 22.0. The Morgan fingerprint density at radius 2 is 1.53 bits per heavy atom. The van der Waals surface area contributed by atoms with Crippen LogP contribution in [-0.2, 0) is 17.8 Å². The second-order valence-electron chi connectivity index (χ2n) is 8.11. The highest BCUT2D eigenvalue weighted by Crippen LogP contribution is 2.35. The summed E-state index contributed by atoms with van der Waals surface area (Å²) in [5.74, 6) is -0.455. The van der Waals surface area contributed by atoms with E-state index in [-0.39, 0.29) is 5.91 Å². The van der Waals surface area contributed by atoms with Gasteiger partial charge in [0.2, 0.25) is 5.91 Å². The van der Waals surface area contributed by atoms with Crippen LogP contribution in [0.2, 0.25) is 0 Å². The molecule has 0 unspecified atom stereocenters. The SMILES string of the molecule is CCc1cccc2sc(N(Cc3ccccn3)C(=O)C(c3ccccc3)c3ccccc3)nc12. The monoisotopic (exact) mass is 463 g/mol. The third-order valence-corrected chi connectivity index (χ3v) is 6.97. The van der Waals surface area contributed by atoms with Gasteiger partial charge in [-0.15, -0.1) is 0 Å². The highest BCUT2D eigenvalue weighted by atomic mass is 32.1. The van der Waals surface area contributed by atoms with Gasteiger partial charge in [-0.3, -0.25) is 14.7 Å². The van der Waals surface area contributed by atoms with Gasteiger partial charge in [0.15, 0.2) is 5.13 Å². The topological polar surface area (TPSA) is 46.1 Å². The molecule has 4 nitrogen and oxygen atoms in total. The van der Waals surface area contributed by atoms with Gasteiger partial charge in [0.05, 0.1) is 28.4 Å². The van der Waals surface area contributed by atoms with E-state index in [9.17, 15) is 4.79 Å². The van der Waals surface area contributed by atoms with Crippen LogP contribution >= 0.6 is 11.3 Å². The van der Waals surface area contributed by atoms with Crippen molar-refractivity contribution < 1.29 is 4.79 Å². The number of anilines is 1. The van der Waals surface area contributed by atoms with Gasteiger partial charge in [0, 0.05) is 6.20 Å². The molecule has 1 amide bonds. The zero-order chi connectivity index (χ0) is 23.3. The Morgan fingerprint density at radius 1 is 0.853 bits per heavy atom. The van der Waals surface area contributed by atoms with Crippen molar-refractivity contribution in [2.75, 3.05) is 4.90 Å². The van der Waals surface area contributed by atoms with E-state index in [1.54, 1.807) is 22.4 Å². The first-order valence-corrected chi connectivity index (χ1v) is 12.3. The molecule has 0 aliphatic carbocycles. The van der Waals surface area contributed by atoms with E-state index < -0.39 is 5.92 Å². The third kappa shape index (κ3) is 4.47. The van der Waals surface area contributed by atoms with Crippen LogP contribution in [0.15, 0.2) is 103 Å². The standard InChI is InChI=1S/C29H25N3OS/c1-2-21-16-11-18-25-27(21)31-29(34-25)32(20-24-17-9-10-19-30-24)28(33)26(22-12-5-3-6-13-22)23-14-7-4-8-15-23/h3-19,26H,2,20H2,1H3. The second-order valence-corrected chi connectivity index (χ2v) is 9.12. The number of nitrogens with zero attached hydrogens (tertiary/aromatic N) is 3. The summed E-state index contributed by atoms with van der Waals surface area (Å²) in [6, 6.07) is 32.0. The number of carbonyl (C=O) groups is 1. The largest absolute Gasteiger partial charge is 0.281 e. The van der Waals surface area contributed by atoms with Crippen LogP contribution in [0.25, 0.3) is 10.2 Å². The molecule has 5 rings (SSSR count). The van der Waals surface area contributed by atoms with Crippen LogP contribution in [0.5, 0.6) is 0 Å². The van der Waals surface area contributed by atoms with Gasteiger partial charge >= 0.3 is 0 Å². The Balaban J connectivity index is 1.64. The van der Waals surface area contributed by atoms with Crippen molar-refractivity contribution in [3.05, 3.63) is 126 Å². The predicted octanol–water partition coefficient (Wildman–Crippen LogP) is 6.62. The van der Waals surface area contributed by atoms with E-state index in [1.165, 1.54) is 5.56 Å². The molecule has 0 aliphatic heterocycles. The maximum Gasteiger partial charge on any atom is 0.241 e. The number of aryl methyl sites for hydroxylation is 1. The van der Waals surface area contributed by atoms with E-state index in [0.29, 0.717) is 11.7 Å². The minimum Gasteiger partial charge on any atom is -0.281 e. The molecule has 0 saturated heterocycles. The molecule has 0 bridgehead atoms. The lowest BCUT2D eigenvalue weighted by atomic mass is 9.90. The minimum absolute atomic E-state index is 0.0137. The van der Waals surface area contributed by atoms with Crippen molar-refractivity contribution in [3.8, 4) is 0 Å². The van der Waals surface area contributed by atoms with E-state index in [2.05, 4.69) is 30.1 Å². The maximum atomic E-state index is 14.3. The number of benzene rings is 3. The molecule has 0 saturated carbocycles. The molecule has 5 aromatic rings. The Hall–Kier alpha value is -3.83. The average Bonchev–Trinajstić information content (AvgIpc) is 3.33. The molecule has 168 valence electrons. The van der Waals surface area contributed by atoms with Crippen LogP contribution in [0.3, 0.4) is 0 Å². The molecule has 5 heteroatoms. The molecule has 3 aromatic carbocycles. The molecule has 0 N–H and O–H groups in total. The van der Waals surface area contributed by atoms with Crippen molar-refractivity contribution >= 4 is 32.6 Å². The van der Waals surface area contributed by atoms with Crippen LogP contribution in [0.1, 0.15) is 35.2 Å². The molecular formula is C29H25N3OS. The van der Waals surface area contributed by atoms with Crippen molar-refractivity contribution in [3.63, 3.8) is 0 Å². The highest BCUT2D eigenvalue weighted by Gasteiger charge is 2.30. The summed E-state index contributed by atoms with van der Waals surface area (Å²) in [6.07, 6.45) is 2.66. The smallest absolute Gasteiger partial charge is 0.241 e. The molecule has 2 aromatic heterocycles. The van der Waals surface area contributed by atoms with Gasteiger partial charge in [-0.05, 0) is 41.3 Å². The Labute approximate surface area is 203 Å². The number of fused-ring (bicyclic) bond motifs is 1. The van der Waals surface area contributed by atoms with Crippen LogP contribution in [0.4, 0.5) is 5.13 Å². The lowest BCUT2D eigenvalue weighted by Gasteiger charge is -2.26. The normalized spacial score (nSPS) is 11.1. The van der Waals surface area contributed by atoms with Crippen LogP contribution in [-0.4, -0.2) is 15.9 Å². The summed E-state index contributed by atoms with van der Waals surface area (Å²) in [5.41, 5.74) is 4.90. The molecule has 0 radical (unpaired) electrons. The number of aromatic nitrogens is 2. The molecule has 0 atom stereocenters. The van der Waals surface area contributed by atoms with Crippen molar-refractivity contribution in [1.82, 2.24) is 9.97 Å². The number of thiazole rings is 1. The molecule has 0 spiro atoms. The summed E-state index contributed by atoms with van der Waals surface area (Å²) in [6.45, 7) is 2.49. The zero-order valence-electron chi connectivity index (χ0n) is 19.0. The summed E-state index contributed by atoms with van der Waals surface area (Å²) < 4.78 is 1.09. The van der Waals surface area contributed by atoms with E-state index >= 15 is 0 Å². The number of para-hydroxylation sites is 1. The number of amides is 1. The van der Waals surface area contributed by atoms with Gasteiger partial charge in [0.25, 0.3) is 0 Å².